The van der Waals surface area contributed by atoms with Crippen LogP contribution in [-0.4, -0.2) is 21.7 Å². The van der Waals surface area contributed by atoms with Gasteiger partial charge in [-0.25, -0.2) is 0 Å². The monoisotopic (exact) mass is 277 g/mol. The van der Waals surface area contributed by atoms with E-state index in [2.05, 4.69) is 10.4 Å². The van der Waals surface area contributed by atoms with Crippen molar-refractivity contribution in [1.29, 1.82) is 0 Å². The number of nitrogens with zero attached hydrogens (tertiary/aromatic N) is 2. The lowest BCUT2D eigenvalue weighted by atomic mass is 10.2. The van der Waals surface area contributed by atoms with E-state index in [4.69, 9.17) is 11.6 Å². The molecule has 0 aliphatic heterocycles. The summed E-state index contributed by atoms with van der Waals surface area (Å²) in [6.07, 6.45) is 6.33. The zero-order valence-electron chi connectivity index (χ0n) is 10.6. The van der Waals surface area contributed by atoms with E-state index in [0.717, 1.165) is 23.7 Å². The third-order valence-electron chi connectivity index (χ3n) is 3.65. The predicted octanol–water partition coefficient (Wildman–Crippen LogP) is 2.75. The summed E-state index contributed by atoms with van der Waals surface area (Å²) in [5.74, 6) is 0.0249. The molecule has 100 valence electrons. The first-order valence-corrected chi connectivity index (χ1v) is 7.01. The number of fused-ring (bicyclic) bond motifs is 1. The molecule has 1 saturated carbocycles. The Morgan fingerprint density at radius 3 is 3.00 bits per heavy atom. The van der Waals surface area contributed by atoms with Gasteiger partial charge in [-0.1, -0.05) is 30.5 Å². The van der Waals surface area contributed by atoms with Gasteiger partial charge in [0.1, 0.15) is 6.54 Å². The standard InChI is InChI=1S/C14H16ClN3O/c15-12-6-3-7-13-11(12)8-16-18(13)9-14(19)17-10-4-1-2-5-10/h3,6-8,10H,1-2,4-5,9H2,(H,17,19). The molecule has 0 bridgehead atoms. The fourth-order valence-corrected chi connectivity index (χ4v) is 2.89. The molecule has 0 saturated heterocycles. The van der Waals surface area contributed by atoms with Crippen molar-refractivity contribution in [2.45, 2.75) is 38.3 Å². The summed E-state index contributed by atoms with van der Waals surface area (Å²) in [4.78, 5) is 12.0. The quantitative estimate of drug-likeness (QED) is 0.938. The minimum atomic E-state index is 0.0249. The number of halogens is 1. The first-order valence-electron chi connectivity index (χ1n) is 6.63. The topological polar surface area (TPSA) is 46.9 Å². The van der Waals surface area contributed by atoms with Crippen LogP contribution in [0.3, 0.4) is 0 Å². The Morgan fingerprint density at radius 2 is 2.21 bits per heavy atom. The normalized spacial score (nSPS) is 16.1. The molecule has 1 aromatic carbocycles. The Kier molecular flexibility index (Phi) is 3.42. The number of hydrogen-bond donors (Lipinski definition) is 1. The van der Waals surface area contributed by atoms with Gasteiger partial charge < -0.3 is 5.32 Å². The average Bonchev–Trinajstić information content (AvgIpc) is 3.01. The number of rotatable bonds is 3. The summed E-state index contributed by atoms with van der Waals surface area (Å²) in [5.41, 5.74) is 0.897. The highest BCUT2D eigenvalue weighted by Crippen LogP contribution is 2.22. The van der Waals surface area contributed by atoms with Crippen LogP contribution in [0.5, 0.6) is 0 Å². The number of aromatic nitrogens is 2. The highest BCUT2D eigenvalue weighted by molar-refractivity contribution is 6.35. The number of benzene rings is 1. The van der Waals surface area contributed by atoms with Crippen molar-refractivity contribution in [1.82, 2.24) is 15.1 Å². The lowest BCUT2D eigenvalue weighted by molar-refractivity contribution is -0.122. The molecule has 0 radical (unpaired) electrons. The van der Waals surface area contributed by atoms with E-state index < -0.39 is 0 Å². The van der Waals surface area contributed by atoms with Gasteiger partial charge in [-0.05, 0) is 25.0 Å². The summed E-state index contributed by atoms with van der Waals surface area (Å²) >= 11 is 6.09. The molecule has 0 spiro atoms. The zero-order chi connectivity index (χ0) is 13.2. The second kappa shape index (κ2) is 5.21. The van der Waals surface area contributed by atoms with Gasteiger partial charge in [-0.3, -0.25) is 9.48 Å². The molecule has 1 N–H and O–H groups in total. The Labute approximate surface area is 116 Å². The molecule has 19 heavy (non-hydrogen) atoms. The molecule has 1 aromatic heterocycles. The zero-order valence-corrected chi connectivity index (χ0v) is 11.4. The van der Waals surface area contributed by atoms with Crippen LogP contribution in [0.1, 0.15) is 25.7 Å². The first-order chi connectivity index (χ1) is 9.24. The fraction of sp³-hybridized carbons (Fsp3) is 0.429. The van der Waals surface area contributed by atoms with Gasteiger partial charge in [0.15, 0.2) is 0 Å². The molecule has 1 aliphatic rings. The summed E-state index contributed by atoms with van der Waals surface area (Å²) in [6, 6.07) is 5.97. The van der Waals surface area contributed by atoms with E-state index in [9.17, 15) is 4.79 Å². The average molecular weight is 278 g/mol. The van der Waals surface area contributed by atoms with Gasteiger partial charge in [0.2, 0.25) is 5.91 Å². The van der Waals surface area contributed by atoms with Gasteiger partial charge in [0, 0.05) is 11.4 Å². The highest BCUT2D eigenvalue weighted by Gasteiger charge is 2.17. The lowest BCUT2D eigenvalue weighted by Crippen LogP contribution is -2.35. The van der Waals surface area contributed by atoms with Crippen molar-refractivity contribution in [2.24, 2.45) is 0 Å². The van der Waals surface area contributed by atoms with Crippen LogP contribution in [0.25, 0.3) is 10.9 Å². The second-order valence-corrected chi connectivity index (χ2v) is 5.43. The minimum absolute atomic E-state index is 0.0249. The lowest BCUT2D eigenvalue weighted by Gasteiger charge is -2.12. The molecule has 5 heteroatoms. The van der Waals surface area contributed by atoms with Crippen LogP contribution in [0.4, 0.5) is 0 Å². The molecule has 4 nitrogen and oxygen atoms in total. The number of carbonyl (C=O) groups is 1. The summed E-state index contributed by atoms with van der Waals surface area (Å²) in [5, 5.41) is 8.86. The molecular formula is C14H16ClN3O. The Balaban J connectivity index is 1.74. The van der Waals surface area contributed by atoms with Gasteiger partial charge >= 0.3 is 0 Å². The van der Waals surface area contributed by atoms with Crippen molar-refractivity contribution < 1.29 is 4.79 Å². The maximum absolute atomic E-state index is 12.0. The van der Waals surface area contributed by atoms with Gasteiger partial charge in [0.05, 0.1) is 16.7 Å². The molecule has 1 aliphatic carbocycles. The molecule has 1 fully saturated rings. The van der Waals surface area contributed by atoms with Crippen LogP contribution in [0, 0.1) is 0 Å². The van der Waals surface area contributed by atoms with Gasteiger partial charge in [0.25, 0.3) is 0 Å². The van der Waals surface area contributed by atoms with Crippen LogP contribution in [-0.2, 0) is 11.3 Å². The molecule has 1 amide bonds. The Hall–Kier alpha value is -1.55. The largest absolute Gasteiger partial charge is 0.352 e. The second-order valence-electron chi connectivity index (χ2n) is 5.02. The Morgan fingerprint density at radius 1 is 1.42 bits per heavy atom. The molecule has 0 unspecified atom stereocenters. The summed E-state index contributed by atoms with van der Waals surface area (Å²) < 4.78 is 1.70. The maximum atomic E-state index is 12.0. The fourth-order valence-electron chi connectivity index (χ4n) is 2.67. The summed E-state index contributed by atoms with van der Waals surface area (Å²) in [6.45, 7) is 0.250. The molecule has 1 heterocycles. The molecular weight excluding hydrogens is 262 g/mol. The predicted molar refractivity (Wildman–Crippen MR) is 75.1 cm³/mol. The first kappa shape index (κ1) is 12.5. The number of carbonyl (C=O) groups excluding carboxylic acids is 1. The van der Waals surface area contributed by atoms with Crippen LogP contribution in [0.2, 0.25) is 5.02 Å². The smallest absolute Gasteiger partial charge is 0.241 e. The SMILES string of the molecule is O=C(Cn1ncc2c(Cl)cccc21)NC1CCCC1. The van der Waals surface area contributed by atoms with Crippen molar-refractivity contribution >= 4 is 28.4 Å². The van der Waals surface area contributed by atoms with Crippen molar-refractivity contribution in [3.05, 3.63) is 29.4 Å². The maximum Gasteiger partial charge on any atom is 0.241 e. The third-order valence-corrected chi connectivity index (χ3v) is 3.98. The van der Waals surface area contributed by atoms with Crippen LogP contribution in [0.15, 0.2) is 24.4 Å². The van der Waals surface area contributed by atoms with E-state index in [-0.39, 0.29) is 12.5 Å². The van der Waals surface area contributed by atoms with E-state index in [1.807, 2.05) is 18.2 Å². The van der Waals surface area contributed by atoms with Crippen molar-refractivity contribution in [2.75, 3.05) is 0 Å². The molecule has 2 aromatic rings. The van der Waals surface area contributed by atoms with Gasteiger partial charge in [-0.2, -0.15) is 5.10 Å². The molecule has 0 atom stereocenters. The van der Waals surface area contributed by atoms with E-state index in [1.165, 1.54) is 12.8 Å². The van der Waals surface area contributed by atoms with Gasteiger partial charge in [-0.15, -0.1) is 0 Å². The van der Waals surface area contributed by atoms with Crippen molar-refractivity contribution in [3.8, 4) is 0 Å². The number of amides is 1. The summed E-state index contributed by atoms with van der Waals surface area (Å²) in [7, 11) is 0. The third kappa shape index (κ3) is 2.59. The molecule has 3 rings (SSSR count). The van der Waals surface area contributed by atoms with Crippen LogP contribution < -0.4 is 5.32 Å². The van der Waals surface area contributed by atoms with E-state index >= 15 is 0 Å². The minimum Gasteiger partial charge on any atom is -0.352 e. The van der Waals surface area contributed by atoms with Crippen molar-refractivity contribution in [3.63, 3.8) is 0 Å². The van der Waals surface area contributed by atoms with E-state index in [1.54, 1.807) is 10.9 Å². The Bertz CT molecular complexity index is 602. The number of nitrogens with one attached hydrogen (secondary N) is 1. The van der Waals surface area contributed by atoms with Crippen LogP contribution >= 0.6 is 11.6 Å². The van der Waals surface area contributed by atoms with E-state index in [0.29, 0.717) is 11.1 Å². The number of hydrogen-bond acceptors (Lipinski definition) is 2. The highest BCUT2D eigenvalue weighted by atomic mass is 35.5.